The van der Waals surface area contributed by atoms with Crippen molar-refractivity contribution in [2.24, 2.45) is 5.92 Å². The van der Waals surface area contributed by atoms with Crippen LogP contribution in [-0.4, -0.2) is 22.3 Å². The van der Waals surface area contributed by atoms with E-state index in [2.05, 4.69) is 16.0 Å². The number of fused-ring (bicyclic) bond motifs is 1. The highest BCUT2D eigenvalue weighted by molar-refractivity contribution is 6.34. The number of hydrogen-bond donors (Lipinski definition) is 3. The van der Waals surface area contributed by atoms with E-state index in [1.54, 1.807) is 42.5 Å². The summed E-state index contributed by atoms with van der Waals surface area (Å²) in [7, 11) is 0. The summed E-state index contributed by atoms with van der Waals surface area (Å²) >= 11 is 6.32. The maximum absolute atomic E-state index is 13.6. The Labute approximate surface area is 231 Å². The average Bonchev–Trinajstić information content (AvgIpc) is 3.25. The predicted octanol–water partition coefficient (Wildman–Crippen LogP) is 6.62. The van der Waals surface area contributed by atoms with E-state index in [9.17, 15) is 18.8 Å². The van der Waals surface area contributed by atoms with Gasteiger partial charge >= 0.3 is 0 Å². The van der Waals surface area contributed by atoms with Crippen LogP contribution in [0.1, 0.15) is 53.6 Å². The van der Waals surface area contributed by atoms with E-state index in [0.717, 1.165) is 22.9 Å². The van der Waals surface area contributed by atoms with Gasteiger partial charge in [-0.2, -0.15) is 0 Å². The van der Waals surface area contributed by atoms with E-state index in [-0.39, 0.29) is 34.9 Å². The lowest BCUT2D eigenvalue weighted by molar-refractivity contribution is -0.124. The smallest absolute Gasteiger partial charge is 0.272 e. The van der Waals surface area contributed by atoms with Crippen LogP contribution in [-0.2, 0) is 17.9 Å². The first kappa shape index (κ1) is 27.9. The summed E-state index contributed by atoms with van der Waals surface area (Å²) < 4.78 is 15.5. The third-order valence-corrected chi connectivity index (χ3v) is 6.52. The van der Waals surface area contributed by atoms with Crippen molar-refractivity contribution in [1.29, 1.82) is 0 Å². The van der Waals surface area contributed by atoms with Crippen molar-refractivity contribution in [2.45, 2.75) is 40.3 Å². The second-order valence-electron chi connectivity index (χ2n) is 9.56. The Morgan fingerprint density at radius 3 is 2.38 bits per heavy atom. The zero-order valence-corrected chi connectivity index (χ0v) is 22.7. The summed E-state index contributed by atoms with van der Waals surface area (Å²) in [5, 5.41) is 9.51. The predicted molar refractivity (Wildman–Crippen MR) is 153 cm³/mol. The molecule has 0 saturated heterocycles. The van der Waals surface area contributed by atoms with Crippen LogP contribution in [0.2, 0.25) is 5.02 Å². The minimum atomic E-state index is -0.437. The first-order valence-electron chi connectivity index (χ1n) is 12.7. The Morgan fingerprint density at radius 1 is 0.923 bits per heavy atom. The molecule has 0 spiro atoms. The number of aryl methyl sites for hydroxylation is 1. The lowest BCUT2D eigenvalue weighted by Crippen LogP contribution is -2.27. The van der Waals surface area contributed by atoms with Crippen LogP contribution in [0.25, 0.3) is 10.9 Å². The topological polar surface area (TPSA) is 92.2 Å². The molecule has 4 rings (SSSR count). The molecule has 4 aromatic rings. The number of hydrogen-bond acceptors (Lipinski definition) is 3. The molecule has 3 amide bonds. The molecule has 0 fully saturated rings. The highest BCUT2D eigenvalue weighted by Gasteiger charge is 2.18. The summed E-state index contributed by atoms with van der Waals surface area (Å²) in [6, 6.07) is 17.9. The highest BCUT2D eigenvalue weighted by atomic mass is 35.5. The Kier molecular flexibility index (Phi) is 8.66. The fraction of sp³-hybridized carbons (Fsp3) is 0.233. The Bertz CT molecular complexity index is 1550. The molecule has 0 aliphatic heterocycles. The number of nitrogens with zero attached hydrogens (tertiary/aromatic N) is 1. The van der Waals surface area contributed by atoms with Gasteiger partial charge < -0.3 is 20.5 Å². The third-order valence-electron chi connectivity index (χ3n) is 6.19. The molecule has 0 saturated carbocycles. The quantitative estimate of drug-likeness (QED) is 0.219. The number of benzene rings is 3. The molecule has 3 N–H and O–H groups in total. The molecule has 3 aromatic carbocycles. The van der Waals surface area contributed by atoms with Crippen molar-refractivity contribution >= 4 is 51.6 Å². The van der Waals surface area contributed by atoms with E-state index in [0.29, 0.717) is 23.6 Å². The lowest BCUT2D eigenvalue weighted by atomic mass is 10.1. The molecular formula is C30H30ClFN4O3. The molecule has 0 radical (unpaired) electrons. The lowest BCUT2D eigenvalue weighted by Gasteiger charge is -2.12. The summed E-state index contributed by atoms with van der Waals surface area (Å²) in [5.74, 6) is -1.41. The monoisotopic (exact) mass is 548 g/mol. The van der Waals surface area contributed by atoms with E-state index in [4.69, 9.17) is 11.6 Å². The fourth-order valence-corrected chi connectivity index (χ4v) is 4.41. The maximum Gasteiger partial charge on any atom is 0.272 e. The molecule has 0 unspecified atom stereocenters. The first-order chi connectivity index (χ1) is 18.7. The standard InChI is InChI=1S/C30H30ClFN4O3/c1-4-12-36-26-11-9-23(14-20(26)15-27(36)30(39)35-22-7-5-6-21(32)16-22)34-29(38)24-13-19(8-10-25(24)31)17-33-28(37)18(2)3/h5-11,13-16,18H,4,12,17H2,1-3H3,(H,33,37)(H,34,38)(H,35,39). The number of carbonyl (C=O) groups is 3. The van der Waals surface area contributed by atoms with Gasteiger partial charge in [-0.15, -0.1) is 0 Å². The molecular weight excluding hydrogens is 519 g/mol. The van der Waals surface area contributed by atoms with Crippen molar-refractivity contribution in [1.82, 2.24) is 9.88 Å². The van der Waals surface area contributed by atoms with Crippen molar-refractivity contribution in [3.8, 4) is 0 Å². The van der Waals surface area contributed by atoms with E-state index in [1.165, 1.54) is 18.2 Å². The highest BCUT2D eigenvalue weighted by Crippen LogP contribution is 2.26. The van der Waals surface area contributed by atoms with Crippen LogP contribution in [0.4, 0.5) is 15.8 Å². The van der Waals surface area contributed by atoms with Gasteiger partial charge in [-0.05, 0) is 66.6 Å². The normalized spacial score (nSPS) is 11.0. The molecule has 9 heteroatoms. The van der Waals surface area contributed by atoms with Crippen LogP contribution in [0.15, 0.2) is 66.7 Å². The minimum absolute atomic E-state index is 0.0803. The number of nitrogens with one attached hydrogen (secondary N) is 3. The Morgan fingerprint density at radius 2 is 1.67 bits per heavy atom. The second-order valence-corrected chi connectivity index (χ2v) is 9.97. The molecule has 1 heterocycles. The van der Waals surface area contributed by atoms with Gasteiger partial charge in [0.15, 0.2) is 0 Å². The van der Waals surface area contributed by atoms with Gasteiger partial charge in [0.25, 0.3) is 11.8 Å². The van der Waals surface area contributed by atoms with Crippen molar-refractivity contribution in [2.75, 3.05) is 10.6 Å². The third kappa shape index (κ3) is 6.64. The van der Waals surface area contributed by atoms with E-state index < -0.39 is 11.7 Å². The molecule has 0 bridgehead atoms. The van der Waals surface area contributed by atoms with Crippen molar-refractivity contribution in [3.63, 3.8) is 0 Å². The number of carbonyl (C=O) groups excluding carboxylic acids is 3. The maximum atomic E-state index is 13.6. The molecule has 0 aliphatic carbocycles. The van der Waals surface area contributed by atoms with Gasteiger partial charge in [0.2, 0.25) is 5.91 Å². The molecule has 7 nitrogen and oxygen atoms in total. The van der Waals surface area contributed by atoms with E-state index in [1.807, 2.05) is 31.4 Å². The largest absolute Gasteiger partial charge is 0.352 e. The number of amides is 3. The number of rotatable bonds is 9. The second kappa shape index (κ2) is 12.1. The molecule has 0 aliphatic rings. The van der Waals surface area contributed by atoms with Crippen LogP contribution in [0.5, 0.6) is 0 Å². The number of aromatic nitrogens is 1. The molecule has 39 heavy (non-hydrogen) atoms. The minimum Gasteiger partial charge on any atom is -0.352 e. The molecule has 0 atom stereocenters. The summed E-state index contributed by atoms with van der Waals surface area (Å²) in [5.41, 5.74) is 3.20. The summed E-state index contributed by atoms with van der Waals surface area (Å²) in [4.78, 5) is 38.1. The number of anilines is 2. The van der Waals surface area contributed by atoms with Gasteiger partial charge in [0.05, 0.1) is 10.6 Å². The molecule has 202 valence electrons. The van der Waals surface area contributed by atoms with Gasteiger partial charge in [-0.1, -0.05) is 44.5 Å². The fourth-order valence-electron chi connectivity index (χ4n) is 4.21. The first-order valence-corrected chi connectivity index (χ1v) is 13.1. The van der Waals surface area contributed by atoms with Crippen LogP contribution in [0, 0.1) is 11.7 Å². The zero-order chi connectivity index (χ0) is 28.1. The van der Waals surface area contributed by atoms with Gasteiger partial charge in [0, 0.05) is 41.3 Å². The Hall–Kier alpha value is -4.17. The van der Waals surface area contributed by atoms with Crippen molar-refractivity contribution < 1.29 is 18.8 Å². The van der Waals surface area contributed by atoms with Crippen molar-refractivity contribution in [3.05, 3.63) is 94.4 Å². The van der Waals surface area contributed by atoms with Crippen LogP contribution >= 0.6 is 11.6 Å². The van der Waals surface area contributed by atoms with Crippen LogP contribution < -0.4 is 16.0 Å². The SMILES string of the molecule is CCCn1c(C(=O)Nc2cccc(F)c2)cc2cc(NC(=O)c3cc(CNC(=O)C(C)C)ccc3Cl)ccc21. The molecule has 1 aromatic heterocycles. The average molecular weight is 549 g/mol. The van der Waals surface area contributed by atoms with Gasteiger partial charge in [0.1, 0.15) is 11.5 Å². The van der Waals surface area contributed by atoms with Crippen LogP contribution in [0.3, 0.4) is 0 Å². The summed E-state index contributed by atoms with van der Waals surface area (Å²) in [6.07, 6.45) is 0.801. The van der Waals surface area contributed by atoms with Gasteiger partial charge in [-0.3, -0.25) is 14.4 Å². The van der Waals surface area contributed by atoms with Gasteiger partial charge in [-0.25, -0.2) is 4.39 Å². The zero-order valence-electron chi connectivity index (χ0n) is 22.0. The number of halogens is 2. The Balaban J connectivity index is 1.56. The summed E-state index contributed by atoms with van der Waals surface area (Å²) in [6.45, 7) is 6.52. The van der Waals surface area contributed by atoms with E-state index >= 15 is 0 Å².